The number of hydrogen-bond acceptors (Lipinski definition) is 3. The van der Waals surface area contributed by atoms with Crippen molar-refractivity contribution in [3.63, 3.8) is 0 Å². The van der Waals surface area contributed by atoms with E-state index in [1.807, 2.05) is 19.1 Å². The SMILES string of the molecule is CCOC(=O)Cc1ccc(/C=C2/CCCCC2N2CCC2)cc1. The highest BCUT2D eigenvalue weighted by molar-refractivity contribution is 5.72. The van der Waals surface area contributed by atoms with Gasteiger partial charge in [-0.25, -0.2) is 0 Å². The van der Waals surface area contributed by atoms with E-state index in [1.54, 1.807) is 5.57 Å². The van der Waals surface area contributed by atoms with E-state index in [1.165, 1.54) is 50.8 Å². The number of hydrogen-bond donors (Lipinski definition) is 0. The minimum Gasteiger partial charge on any atom is -0.466 e. The molecule has 23 heavy (non-hydrogen) atoms. The number of carbonyl (C=O) groups excluding carboxylic acids is 1. The Kier molecular flexibility index (Phi) is 5.50. The zero-order chi connectivity index (χ0) is 16.1. The lowest BCUT2D eigenvalue weighted by molar-refractivity contribution is -0.142. The largest absolute Gasteiger partial charge is 0.466 e. The number of nitrogens with zero attached hydrogens (tertiary/aromatic N) is 1. The zero-order valence-electron chi connectivity index (χ0n) is 14.1. The molecule has 0 N–H and O–H groups in total. The maximum absolute atomic E-state index is 11.5. The molecule has 1 saturated carbocycles. The fourth-order valence-corrected chi connectivity index (χ4v) is 3.58. The van der Waals surface area contributed by atoms with E-state index in [9.17, 15) is 4.79 Å². The Morgan fingerprint density at radius 1 is 1.22 bits per heavy atom. The van der Waals surface area contributed by atoms with Crippen molar-refractivity contribution in [3.8, 4) is 0 Å². The highest BCUT2D eigenvalue weighted by Crippen LogP contribution is 2.31. The van der Waals surface area contributed by atoms with Gasteiger partial charge >= 0.3 is 5.97 Å². The Hall–Kier alpha value is -1.61. The molecule has 3 rings (SSSR count). The van der Waals surface area contributed by atoms with Crippen LogP contribution in [0.25, 0.3) is 6.08 Å². The van der Waals surface area contributed by atoms with Crippen LogP contribution < -0.4 is 0 Å². The Morgan fingerprint density at radius 2 is 2.00 bits per heavy atom. The van der Waals surface area contributed by atoms with Gasteiger partial charge in [0.15, 0.2) is 0 Å². The first-order valence-corrected chi connectivity index (χ1v) is 8.95. The molecule has 3 heteroatoms. The van der Waals surface area contributed by atoms with Crippen LogP contribution in [-0.2, 0) is 16.0 Å². The molecule has 0 spiro atoms. The Labute approximate surface area is 139 Å². The van der Waals surface area contributed by atoms with Gasteiger partial charge in [0.25, 0.3) is 0 Å². The summed E-state index contributed by atoms with van der Waals surface area (Å²) in [6.07, 6.45) is 9.30. The lowest BCUT2D eigenvalue weighted by atomic mass is 9.86. The third kappa shape index (κ3) is 4.23. The number of likely N-dealkylation sites (tertiary alicyclic amines) is 1. The molecule has 1 aromatic carbocycles. The van der Waals surface area contributed by atoms with Crippen molar-refractivity contribution in [2.45, 2.75) is 51.5 Å². The first-order valence-electron chi connectivity index (χ1n) is 8.95. The summed E-state index contributed by atoms with van der Waals surface area (Å²) >= 11 is 0. The molecule has 0 aromatic heterocycles. The Balaban J connectivity index is 1.67. The third-order valence-corrected chi connectivity index (χ3v) is 4.94. The number of ether oxygens (including phenoxy) is 1. The average Bonchev–Trinajstić information content (AvgIpc) is 2.50. The van der Waals surface area contributed by atoms with Gasteiger partial charge in [0.05, 0.1) is 13.0 Å². The van der Waals surface area contributed by atoms with Crippen LogP contribution in [0.3, 0.4) is 0 Å². The summed E-state index contributed by atoms with van der Waals surface area (Å²) in [5, 5.41) is 0. The normalized spacial score (nSPS) is 23.5. The van der Waals surface area contributed by atoms with Crippen LogP contribution in [-0.4, -0.2) is 36.6 Å². The smallest absolute Gasteiger partial charge is 0.310 e. The summed E-state index contributed by atoms with van der Waals surface area (Å²) in [6, 6.07) is 9.01. The number of esters is 1. The summed E-state index contributed by atoms with van der Waals surface area (Å²) in [6.45, 7) is 4.81. The van der Waals surface area contributed by atoms with Crippen molar-refractivity contribution in [1.82, 2.24) is 4.90 Å². The van der Waals surface area contributed by atoms with E-state index in [0.29, 0.717) is 19.1 Å². The van der Waals surface area contributed by atoms with E-state index in [2.05, 4.69) is 23.1 Å². The van der Waals surface area contributed by atoms with Crippen molar-refractivity contribution >= 4 is 12.0 Å². The molecule has 3 nitrogen and oxygen atoms in total. The van der Waals surface area contributed by atoms with Crippen LogP contribution in [0.4, 0.5) is 0 Å². The highest BCUT2D eigenvalue weighted by atomic mass is 16.5. The predicted molar refractivity (Wildman–Crippen MR) is 93.2 cm³/mol. The first-order chi connectivity index (χ1) is 11.3. The third-order valence-electron chi connectivity index (χ3n) is 4.94. The van der Waals surface area contributed by atoms with Gasteiger partial charge in [0.1, 0.15) is 0 Å². The number of benzene rings is 1. The second-order valence-electron chi connectivity index (χ2n) is 6.59. The van der Waals surface area contributed by atoms with Crippen LogP contribution in [0.2, 0.25) is 0 Å². The van der Waals surface area contributed by atoms with Crippen LogP contribution in [0, 0.1) is 0 Å². The Bertz CT molecular complexity index is 558. The molecule has 1 heterocycles. The lowest BCUT2D eigenvalue weighted by Crippen LogP contribution is -2.46. The van der Waals surface area contributed by atoms with Gasteiger partial charge in [-0.15, -0.1) is 0 Å². The van der Waals surface area contributed by atoms with Gasteiger partial charge in [-0.3, -0.25) is 9.69 Å². The molecule has 1 aliphatic carbocycles. The highest BCUT2D eigenvalue weighted by Gasteiger charge is 2.28. The quantitative estimate of drug-likeness (QED) is 0.774. The lowest BCUT2D eigenvalue weighted by Gasteiger charge is -2.42. The summed E-state index contributed by atoms with van der Waals surface area (Å²) < 4.78 is 5.00. The van der Waals surface area contributed by atoms with E-state index in [0.717, 1.165) is 5.56 Å². The van der Waals surface area contributed by atoms with E-state index < -0.39 is 0 Å². The van der Waals surface area contributed by atoms with E-state index in [4.69, 9.17) is 4.74 Å². The first kappa shape index (κ1) is 16.3. The second kappa shape index (κ2) is 7.78. The molecule has 1 aliphatic heterocycles. The van der Waals surface area contributed by atoms with Crippen molar-refractivity contribution in [2.24, 2.45) is 0 Å². The van der Waals surface area contributed by atoms with Gasteiger partial charge < -0.3 is 4.74 Å². The van der Waals surface area contributed by atoms with Crippen LogP contribution >= 0.6 is 0 Å². The summed E-state index contributed by atoms with van der Waals surface area (Å²) in [5.41, 5.74) is 3.86. The molecule has 0 radical (unpaired) electrons. The molecular formula is C20H27NO2. The van der Waals surface area contributed by atoms with Crippen LogP contribution in [0.15, 0.2) is 29.8 Å². The molecular weight excluding hydrogens is 286 g/mol. The molecule has 1 aromatic rings. The molecule has 2 fully saturated rings. The summed E-state index contributed by atoms with van der Waals surface area (Å²) in [4.78, 5) is 14.2. The zero-order valence-corrected chi connectivity index (χ0v) is 14.1. The molecule has 1 unspecified atom stereocenters. The molecule has 0 amide bonds. The summed E-state index contributed by atoms with van der Waals surface area (Å²) in [5.74, 6) is -0.149. The van der Waals surface area contributed by atoms with Gasteiger partial charge in [-0.1, -0.05) is 42.3 Å². The minimum absolute atomic E-state index is 0.149. The van der Waals surface area contributed by atoms with E-state index >= 15 is 0 Å². The number of carbonyl (C=O) groups is 1. The van der Waals surface area contributed by atoms with Crippen LogP contribution in [0.5, 0.6) is 0 Å². The van der Waals surface area contributed by atoms with Crippen LogP contribution in [0.1, 0.15) is 50.2 Å². The molecule has 2 aliphatic rings. The minimum atomic E-state index is -0.149. The molecule has 1 atom stereocenters. The molecule has 124 valence electrons. The number of rotatable bonds is 5. The summed E-state index contributed by atoms with van der Waals surface area (Å²) in [7, 11) is 0. The topological polar surface area (TPSA) is 29.5 Å². The standard InChI is InChI=1S/C20H27NO2/c1-2-23-20(22)15-17-10-8-16(9-11-17)14-18-6-3-4-7-19(18)21-12-5-13-21/h8-11,14,19H,2-7,12-13,15H2,1H3/b18-14-. The fraction of sp³-hybridized carbons (Fsp3) is 0.550. The van der Waals surface area contributed by atoms with Gasteiger partial charge in [-0.05, 0) is 56.8 Å². The van der Waals surface area contributed by atoms with Gasteiger partial charge in [0.2, 0.25) is 0 Å². The molecule has 0 bridgehead atoms. The monoisotopic (exact) mass is 313 g/mol. The van der Waals surface area contributed by atoms with E-state index in [-0.39, 0.29) is 5.97 Å². The molecule has 1 saturated heterocycles. The van der Waals surface area contributed by atoms with Crippen molar-refractivity contribution in [1.29, 1.82) is 0 Å². The average molecular weight is 313 g/mol. The second-order valence-corrected chi connectivity index (χ2v) is 6.59. The van der Waals surface area contributed by atoms with Gasteiger partial charge in [0, 0.05) is 6.04 Å². The van der Waals surface area contributed by atoms with Crippen molar-refractivity contribution in [3.05, 3.63) is 41.0 Å². The maximum Gasteiger partial charge on any atom is 0.310 e. The Morgan fingerprint density at radius 3 is 2.65 bits per heavy atom. The fourth-order valence-electron chi connectivity index (χ4n) is 3.58. The maximum atomic E-state index is 11.5. The van der Waals surface area contributed by atoms with Gasteiger partial charge in [-0.2, -0.15) is 0 Å². The van der Waals surface area contributed by atoms with Crippen molar-refractivity contribution in [2.75, 3.05) is 19.7 Å². The predicted octanol–water partition coefficient (Wildman–Crippen LogP) is 3.82. The van der Waals surface area contributed by atoms with Crippen molar-refractivity contribution < 1.29 is 9.53 Å².